The van der Waals surface area contributed by atoms with Crippen LogP contribution in [0.5, 0.6) is 0 Å². The van der Waals surface area contributed by atoms with E-state index in [1.807, 2.05) is 24.3 Å². The summed E-state index contributed by atoms with van der Waals surface area (Å²) in [5, 5.41) is 3.22. The van der Waals surface area contributed by atoms with Gasteiger partial charge in [0.05, 0.1) is 18.1 Å². The van der Waals surface area contributed by atoms with Crippen molar-refractivity contribution >= 4 is 44.9 Å². The molecule has 1 unspecified atom stereocenters. The van der Waals surface area contributed by atoms with E-state index in [-0.39, 0.29) is 12.2 Å². The Bertz CT molecular complexity index is 925. The molecule has 2 aliphatic heterocycles. The number of nitrogens with zero attached hydrogens (tertiary/aromatic N) is 4. The van der Waals surface area contributed by atoms with E-state index in [0.717, 1.165) is 29.2 Å². The molecular weight excluding hydrogens is 438 g/mol. The van der Waals surface area contributed by atoms with E-state index in [4.69, 9.17) is 17.0 Å². The Morgan fingerprint density at radius 3 is 2.32 bits per heavy atom. The molecule has 1 aromatic rings. The number of anilines is 2. The number of rotatable bonds is 7. The van der Waals surface area contributed by atoms with Gasteiger partial charge in [0, 0.05) is 57.6 Å². The second-order valence-corrected chi connectivity index (χ2v) is 10.9. The first-order chi connectivity index (χ1) is 14.8. The average molecular weight is 468 g/mol. The maximum atomic E-state index is 12.3. The van der Waals surface area contributed by atoms with Crippen LogP contribution in [0.3, 0.4) is 0 Å². The molecule has 2 heterocycles. The Hall–Kier alpha value is -1.95. The van der Waals surface area contributed by atoms with Gasteiger partial charge in [0.1, 0.15) is 6.10 Å². The zero-order chi connectivity index (χ0) is 22.2. The zero-order valence-electron chi connectivity index (χ0n) is 17.9. The predicted octanol–water partition coefficient (Wildman–Crippen LogP) is 1.27. The second-order valence-electron chi connectivity index (χ2n) is 8.33. The van der Waals surface area contributed by atoms with Crippen LogP contribution in [0.15, 0.2) is 24.3 Å². The number of hydrogen-bond acceptors (Lipinski definition) is 6. The summed E-state index contributed by atoms with van der Waals surface area (Å²) in [6, 6.07) is 7.74. The number of carbonyl (C=O) groups excluding carboxylic acids is 1. The largest absolute Gasteiger partial charge is 0.442 e. The number of piperazine rings is 1. The van der Waals surface area contributed by atoms with E-state index >= 15 is 0 Å². The lowest BCUT2D eigenvalue weighted by atomic mass is 10.2. The molecule has 170 valence electrons. The molecule has 4 rings (SSSR count). The van der Waals surface area contributed by atoms with Gasteiger partial charge < -0.3 is 15.0 Å². The molecule has 11 heteroatoms. The summed E-state index contributed by atoms with van der Waals surface area (Å²) >= 11 is 5.34. The van der Waals surface area contributed by atoms with Crippen LogP contribution >= 0.6 is 12.2 Å². The van der Waals surface area contributed by atoms with E-state index in [0.29, 0.717) is 45.2 Å². The van der Waals surface area contributed by atoms with Gasteiger partial charge in [-0.25, -0.2) is 4.79 Å². The fourth-order valence-electron chi connectivity index (χ4n) is 3.79. The highest BCUT2D eigenvalue weighted by Crippen LogP contribution is 2.30. The smallest absolute Gasteiger partial charge is 0.414 e. The minimum Gasteiger partial charge on any atom is -0.442 e. The number of ether oxygens (including phenoxy) is 1. The van der Waals surface area contributed by atoms with Gasteiger partial charge in [0.2, 0.25) is 0 Å². The van der Waals surface area contributed by atoms with E-state index in [2.05, 4.69) is 10.2 Å². The fourth-order valence-corrected chi connectivity index (χ4v) is 5.20. The lowest BCUT2D eigenvalue weighted by Gasteiger charge is -2.36. The van der Waals surface area contributed by atoms with E-state index in [9.17, 15) is 13.2 Å². The lowest BCUT2D eigenvalue weighted by Crippen LogP contribution is -2.51. The van der Waals surface area contributed by atoms with Crippen molar-refractivity contribution in [2.24, 2.45) is 5.92 Å². The molecule has 0 spiro atoms. The van der Waals surface area contributed by atoms with Gasteiger partial charge in [-0.1, -0.05) is 12.2 Å². The Kier molecular flexibility index (Phi) is 6.38. The minimum atomic E-state index is -3.38. The van der Waals surface area contributed by atoms with Gasteiger partial charge in [-0.05, 0) is 37.1 Å². The minimum absolute atomic E-state index is 0.226. The molecule has 1 aliphatic carbocycles. The number of cyclic esters (lactones) is 1. The van der Waals surface area contributed by atoms with Crippen LogP contribution in [0.25, 0.3) is 0 Å². The van der Waals surface area contributed by atoms with Crippen LogP contribution in [0, 0.1) is 5.92 Å². The third kappa shape index (κ3) is 4.94. The van der Waals surface area contributed by atoms with E-state index in [1.165, 1.54) is 8.61 Å². The van der Waals surface area contributed by atoms with Crippen molar-refractivity contribution < 1.29 is 17.9 Å². The molecule has 3 fully saturated rings. The molecule has 9 nitrogen and oxygen atoms in total. The van der Waals surface area contributed by atoms with E-state index in [1.54, 1.807) is 19.0 Å². The number of carbonyl (C=O) groups is 1. The molecule has 1 atom stereocenters. The first-order valence-corrected chi connectivity index (χ1v) is 12.3. The highest BCUT2D eigenvalue weighted by atomic mass is 32.2. The predicted molar refractivity (Wildman–Crippen MR) is 124 cm³/mol. The first-order valence-electron chi connectivity index (χ1n) is 10.5. The van der Waals surface area contributed by atoms with Crippen molar-refractivity contribution in [3.05, 3.63) is 24.3 Å². The summed E-state index contributed by atoms with van der Waals surface area (Å²) in [5.74, 6) is 0.501. The summed E-state index contributed by atoms with van der Waals surface area (Å²) in [7, 11) is -0.283. The molecule has 1 saturated carbocycles. The summed E-state index contributed by atoms with van der Waals surface area (Å²) in [4.78, 5) is 17.0. The normalized spacial score (nSPS) is 22.7. The summed E-state index contributed by atoms with van der Waals surface area (Å²) < 4.78 is 32.8. The van der Waals surface area contributed by atoms with Crippen molar-refractivity contribution in [1.82, 2.24) is 13.9 Å². The highest BCUT2D eigenvalue weighted by Gasteiger charge is 2.34. The fraction of sp³-hybridized carbons (Fsp3) is 0.600. The molecule has 31 heavy (non-hydrogen) atoms. The Balaban J connectivity index is 1.31. The van der Waals surface area contributed by atoms with Crippen LogP contribution in [0.1, 0.15) is 12.8 Å². The molecule has 1 N–H and O–H groups in total. The monoisotopic (exact) mass is 467 g/mol. The quantitative estimate of drug-likeness (QED) is 0.605. The maximum Gasteiger partial charge on any atom is 0.414 e. The number of hydrogen-bond donors (Lipinski definition) is 1. The standard InChI is InChI=1S/C20H29N5O4S2/c1-22(2)31(27,28)24-11-9-23(10-12-24)16-5-7-17(8-6-16)25-14-18(29-20(25)26)13-21-19(30)15-3-4-15/h5-8,15,18H,3-4,9-14H2,1-2H3,(H,21,30). The molecular formula is C20H29N5O4S2. The van der Waals surface area contributed by atoms with E-state index < -0.39 is 10.2 Å². The number of thiocarbonyl (C=S) groups is 1. The summed E-state index contributed by atoms with van der Waals surface area (Å²) in [6.45, 7) is 3.14. The van der Waals surface area contributed by atoms with Crippen molar-refractivity contribution in [3.63, 3.8) is 0 Å². The van der Waals surface area contributed by atoms with Crippen molar-refractivity contribution in [1.29, 1.82) is 0 Å². The summed E-state index contributed by atoms with van der Waals surface area (Å²) in [6.07, 6.45) is 1.72. The number of benzene rings is 1. The number of amides is 1. The van der Waals surface area contributed by atoms with Crippen LogP contribution in [-0.2, 0) is 14.9 Å². The molecule has 3 aliphatic rings. The molecule has 2 saturated heterocycles. The topological polar surface area (TPSA) is 85.4 Å². The maximum absolute atomic E-state index is 12.3. The molecule has 1 aromatic carbocycles. The average Bonchev–Trinajstić information content (AvgIpc) is 3.55. The van der Waals surface area contributed by atoms with Gasteiger partial charge in [0.15, 0.2) is 0 Å². The van der Waals surface area contributed by atoms with Crippen LogP contribution < -0.4 is 15.1 Å². The first kappa shape index (κ1) is 22.3. The SMILES string of the molecule is CN(C)S(=O)(=O)N1CCN(c2ccc(N3CC(CNC(=S)C4CC4)OC3=O)cc2)CC1. The molecule has 0 bridgehead atoms. The van der Waals surface area contributed by atoms with Gasteiger partial charge in [-0.3, -0.25) is 4.90 Å². The molecule has 1 amide bonds. The number of nitrogens with one attached hydrogen (secondary N) is 1. The van der Waals surface area contributed by atoms with Crippen LogP contribution in [0.4, 0.5) is 16.2 Å². The molecule has 0 aromatic heterocycles. The van der Waals surface area contributed by atoms with Gasteiger partial charge in [-0.15, -0.1) is 0 Å². The van der Waals surface area contributed by atoms with Gasteiger partial charge in [0.25, 0.3) is 10.2 Å². The molecule has 0 radical (unpaired) electrons. The Morgan fingerprint density at radius 2 is 1.74 bits per heavy atom. The zero-order valence-corrected chi connectivity index (χ0v) is 19.5. The van der Waals surface area contributed by atoms with Crippen molar-refractivity contribution in [3.8, 4) is 0 Å². The Morgan fingerprint density at radius 1 is 1.13 bits per heavy atom. The van der Waals surface area contributed by atoms with Crippen LogP contribution in [-0.4, -0.2) is 87.6 Å². The third-order valence-corrected chi connectivity index (χ3v) is 8.30. The van der Waals surface area contributed by atoms with Crippen molar-refractivity contribution in [2.45, 2.75) is 18.9 Å². The third-order valence-electron chi connectivity index (χ3n) is 5.88. The van der Waals surface area contributed by atoms with Crippen LogP contribution in [0.2, 0.25) is 0 Å². The highest BCUT2D eigenvalue weighted by molar-refractivity contribution is 7.86. The van der Waals surface area contributed by atoms with Gasteiger partial charge >= 0.3 is 6.09 Å². The van der Waals surface area contributed by atoms with Gasteiger partial charge in [-0.2, -0.15) is 17.0 Å². The Labute approximate surface area is 189 Å². The second kappa shape index (κ2) is 8.89. The lowest BCUT2D eigenvalue weighted by molar-refractivity contribution is 0.143. The van der Waals surface area contributed by atoms with Crippen molar-refractivity contribution in [2.75, 3.05) is 63.2 Å². The summed E-state index contributed by atoms with van der Waals surface area (Å²) in [5.41, 5.74) is 1.79.